The Labute approximate surface area is 148 Å². The van der Waals surface area contributed by atoms with Crippen LogP contribution in [0.1, 0.15) is 35.6 Å². The number of hydrogen-bond acceptors (Lipinski definition) is 3. The molecule has 3 heteroatoms. The minimum absolute atomic E-state index is 0.275. The van der Waals surface area contributed by atoms with Gasteiger partial charge >= 0.3 is 0 Å². The van der Waals surface area contributed by atoms with Crippen LogP contribution in [0.4, 0.5) is 0 Å². The van der Waals surface area contributed by atoms with Gasteiger partial charge in [-0.1, -0.05) is 30.9 Å². The quantitative estimate of drug-likeness (QED) is 0.446. The van der Waals surface area contributed by atoms with Crippen molar-refractivity contribution in [2.45, 2.75) is 26.2 Å². The van der Waals surface area contributed by atoms with Gasteiger partial charge in [-0.15, -0.1) is 0 Å². The molecule has 3 nitrogen and oxygen atoms in total. The van der Waals surface area contributed by atoms with Crippen LogP contribution < -0.4 is 9.47 Å². The standard InChI is InChI=1S/C22H21NO2/c1-3-19(17-10-11-20-21(13-17)25-14-24-20)22(23-4-2)18-9-8-15-6-5-7-16(15)12-18/h3-4,8-13H,1,5-7,14H2,2H3/b22-19+,23-4-. The maximum atomic E-state index is 5.52. The second-order valence-corrected chi connectivity index (χ2v) is 6.26. The smallest absolute Gasteiger partial charge is 0.231 e. The molecule has 0 spiro atoms. The van der Waals surface area contributed by atoms with Gasteiger partial charge in [0.1, 0.15) is 0 Å². The van der Waals surface area contributed by atoms with E-state index in [0.29, 0.717) is 0 Å². The summed E-state index contributed by atoms with van der Waals surface area (Å²) in [5.41, 5.74) is 6.99. The van der Waals surface area contributed by atoms with Crippen molar-refractivity contribution in [3.8, 4) is 11.5 Å². The summed E-state index contributed by atoms with van der Waals surface area (Å²) in [7, 11) is 0. The highest BCUT2D eigenvalue weighted by molar-refractivity contribution is 5.97. The first-order valence-electron chi connectivity index (χ1n) is 8.67. The molecule has 0 bridgehead atoms. The lowest BCUT2D eigenvalue weighted by molar-refractivity contribution is 0.174. The third-order valence-electron chi connectivity index (χ3n) is 4.77. The van der Waals surface area contributed by atoms with Crippen LogP contribution in [0, 0.1) is 0 Å². The number of ether oxygens (including phenoxy) is 2. The second-order valence-electron chi connectivity index (χ2n) is 6.26. The van der Waals surface area contributed by atoms with E-state index in [9.17, 15) is 0 Å². The Bertz CT molecular complexity index is 893. The zero-order valence-electron chi connectivity index (χ0n) is 14.4. The topological polar surface area (TPSA) is 30.8 Å². The predicted molar refractivity (Wildman–Crippen MR) is 102 cm³/mol. The molecule has 2 aromatic carbocycles. The summed E-state index contributed by atoms with van der Waals surface area (Å²) in [4.78, 5) is 4.67. The van der Waals surface area contributed by atoms with Gasteiger partial charge < -0.3 is 9.47 Å². The number of aryl methyl sites for hydroxylation is 2. The van der Waals surface area contributed by atoms with E-state index in [2.05, 4.69) is 29.8 Å². The number of aliphatic imine (C=N–C) groups is 1. The Kier molecular flexibility index (Phi) is 4.14. The Morgan fingerprint density at radius 2 is 1.80 bits per heavy atom. The number of benzene rings is 2. The van der Waals surface area contributed by atoms with E-state index in [4.69, 9.17) is 9.47 Å². The molecule has 2 aliphatic rings. The van der Waals surface area contributed by atoms with E-state index in [-0.39, 0.29) is 6.79 Å². The molecule has 0 saturated carbocycles. The van der Waals surface area contributed by atoms with Gasteiger partial charge in [0.25, 0.3) is 0 Å². The average Bonchev–Trinajstić information content (AvgIpc) is 3.29. The molecule has 1 aliphatic carbocycles. The molecule has 1 aliphatic heterocycles. The fourth-order valence-electron chi connectivity index (χ4n) is 3.56. The molecule has 0 atom stereocenters. The highest BCUT2D eigenvalue weighted by atomic mass is 16.7. The van der Waals surface area contributed by atoms with E-state index in [0.717, 1.165) is 40.3 Å². The monoisotopic (exact) mass is 331 g/mol. The number of hydrogen-bond donors (Lipinski definition) is 0. The molecule has 1 heterocycles. The minimum Gasteiger partial charge on any atom is -0.454 e. The van der Waals surface area contributed by atoms with Gasteiger partial charge in [0, 0.05) is 17.4 Å². The van der Waals surface area contributed by atoms with Crippen molar-refractivity contribution in [3.05, 3.63) is 71.3 Å². The summed E-state index contributed by atoms with van der Waals surface area (Å²) in [6, 6.07) is 12.7. The van der Waals surface area contributed by atoms with Gasteiger partial charge in [0.2, 0.25) is 6.79 Å². The van der Waals surface area contributed by atoms with Gasteiger partial charge in [0.15, 0.2) is 11.5 Å². The molecule has 0 amide bonds. The Morgan fingerprint density at radius 1 is 1.00 bits per heavy atom. The molecular formula is C22H21NO2. The van der Waals surface area contributed by atoms with Gasteiger partial charge in [0.05, 0.1) is 5.70 Å². The molecule has 0 aromatic heterocycles. The number of rotatable bonds is 4. The molecule has 0 fully saturated rings. The van der Waals surface area contributed by atoms with Crippen molar-refractivity contribution < 1.29 is 9.47 Å². The normalized spacial score (nSPS) is 16.0. The molecule has 0 N–H and O–H groups in total. The predicted octanol–water partition coefficient (Wildman–Crippen LogP) is 5.05. The summed E-state index contributed by atoms with van der Waals surface area (Å²) < 4.78 is 10.9. The minimum atomic E-state index is 0.275. The Hall–Kier alpha value is -2.81. The SMILES string of the molecule is C=C/C(=C(\N=C/C)c1ccc2c(c1)CCC2)c1ccc2c(c1)OCO2. The lowest BCUT2D eigenvalue weighted by Crippen LogP contribution is -1.93. The van der Waals surface area contributed by atoms with E-state index in [1.807, 2.05) is 37.4 Å². The van der Waals surface area contributed by atoms with Crippen LogP contribution in [-0.2, 0) is 12.8 Å². The highest BCUT2D eigenvalue weighted by Crippen LogP contribution is 2.37. The maximum Gasteiger partial charge on any atom is 0.231 e. The van der Waals surface area contributed by atoms with E-state index >= 15 is 0 Å². The molecular weight excluding hydrogens is 310 g/mol. The molecule has 0 saturated heterocycles. The summed E-state index contributed by atoms with van der Waals surface area (Å²) in [5, 5.41) is 0. The van der Waals surface area contributed by atoms with Crippen LogP contribution in [-0.4, -0.2) is 13.0 Å². The third kappa shape index (κ3) is 2.86. The highest BCUT2D eigenvalue weighted by Gasteiger charge is 2.17. The first-order valence-corrected chi connectivity index (χ1v) is 8.67. The first kappa shape index (κ1) is 15.7. The van der Waals surface area contributed by atoms with Gasteiger partial charge in [-0.2, -0.15) is 0 Å². The lowest BCUT2D eigenvalue weighted by atomic mass is 9.97. The molecule has 126 valence electrons. The molecule has 25 heavy (non-hydrogen) atoms. The van der Waals surface area contributed by atoms with E-state index in [1.54, 1.807) is 0 Å². The largest absolute Gasteiger partial charge is 0.454 e. The average molecular weight is 331 g/mol. The van der Waals surface area contributed by atoms with Crippen molar-refractivity contribution in [3.63, 3.8) is 0 Å². The van der Waals surface area contributed by atoms with Crippen LogP contribution in [0.5, 0.6) is 11.5 Å². The number of nitrogens with zero attached hydrogens (tertiary/aromatic N) is 1. The first-order chi connectivity index (χ1) is 12.3. The fourth-order valence-corrected chi connectivity index (χ4v) is 3.56. The molecule has 2 aromatic rings. The summed E-state index contributed by atoms with van der Waals surface area (Å²) in [5.74, 6) is 1.55. The fraction of sp³-hybridized carbons (Fsp3) is 0.227. The van der Waals surface area contributed by atoms with E-state index < -0.39 is 0 Å². The number of allylic oxidation sites excluding steroid dienone is 2. The Balaban J connectivity index is 1.85. The van der Waals surface area contributed by atoms with E-state index in [1.165, 1.54) is 24.0 Å². The zero-order chi connectivity index (χ0) is 17.2. The van der Waals surface area contributed by atoms with Gasteiger partial charge in [-0.05, 0) is 61.1 Å². The van der Waals surface area contributed by atoms with Crippen molar-refractivity contribution in [2.24, 2.45) is 4.99 Å². The van der Waals surface area contributed by atoms with Crippen LogP contribution in [0.2, 0.25) is 0 Å². The van der Waals surface area contributed by atoms with Crippen LogP contribution in [0.15, 0.2) is 54.0 Å². The van der Waals surface area contributed by atoms with Crippen molar-refractivity contribution >= 4 is 17.5 Å². The lowest BCUT2D eigenvalue weighted by Gasteiger charge is -2.12. The summed E-state index contributed by atoms with van der Waals surface area (Å²) in [6.45, 7) is 6.24. The molecule has 4 rings (SSSR count). The third-order valence-corrected chi connectivity index (χ3v) is 4.77. The summed E-state index contributed by atoms with van der Waals surface area (Å²) >= 11 is 0. The van der Waals surface area contributed by atoms with Crippen LogP contribution in [0.3, 0.4) is 0 Å². The molecule has 0 unspecified atom stereocenters. The van der Waals surface area contributed by atoms with Crippen molar-refractivity contribution in [2.75, 3.05) is 6.79 Å². The molecule has 0 radical (unpaired) electrons. The zero-order valence-corrected chi connectivity index (χ0v) is 14.4. The van der Waals surface area contributed by atoms with Gasteiger partial charge in [-0.3, -0.25) is 4.99 Å². The number of fused-ring (bicyclic) bond motifs is 2. The summed E-state index contributed by atoms with van der Waals surface area (Å²) in [6.07, 6.45) is 7.28. The van der Waals surface area contributed by atoms with Crippen molar-refractivity contribution in [1.82, 2.24) is 0 Å². The Morgan fingerprint density at radius 3 is 2.64 bits per heavy atom. The van der Waals surface area contributed by atoms with Crippen LogP contribution in [0.25, 0.3) is 11.3 Å². The second kappa shape index (κ2) is 6.60. The van der Waals surface area contributed by atoms with Crippen molar-refractivity contribution in [1.29, 1.82) is 0 Å². The van der Waals surface area contributed by atoms with Gasteiger partial charge in [-0.25, -0.2) is 0 Å². The maximum absolute atomic E-state index is 5.52. The van der Waals surface area contributed by atoms with Crippen LogP contribution >= 0.6 is 0 Å².